The van der Waals surface area contributed by atoms with Crippen molar-refractivity contribution in [3.8, 4) is 0 Å². The van der Waals surface area contributed by atoms with Crippen molar-refractivity contribution in [1.29, 1.82) is 0 Å². The quantitative estimate of drug-likeness (QED) is 0.423. The molecule has 28 heavy (non-hydrogen) atoms. The summed E-state index contributed by atoms with van der Waals surface area (Å²) in [4.78, 5) is 26.9. The van der Waals surface area contributed by atoms with Gasteiger partial charge in [0, 0.05) is 5.56 Å². The number of rotatable bonds is 4. The molecule has 140 valence electrons. The number of nitrogens with zero attached hydrogens (tertiary/aromatic N) is 1. The largest absolute Gasteiger partial charge is 0.507 e. The molecule has 0 unspecified atom stereocenters. The first-order valence-corrected chi connectivity index (χ1v) is 8.68. The molecular weight excluding hydrogens is 361 g/mol. The van der Waals surface area contributed by atoms with E-state index in [1.807, 2.05) is 0 Å². The highest BCUT2D eigenvalue weighted by molar-refractivity contribution is 6.46. The molecule has 2 heterocycles. The number of aliphatic hydroxyl groups is 1. The summed E-state index contributed by atoms with van der Waals surface area (Å²) in [6.45, 7) is 0.0468. The van der Waals surface area contributed by atoms with Crippen LogP contribution in [-0.2, 0) is 16.1 Å². The third-order valence-corrected chi connectivity index (χ3v) is 4.68. The Morgan fingerprint density at radius 1 is 1.00 bits per heavy atom. The number of carbonyl (C=O) groups excluding carboxylic acids is 2. The van der Waals surface area contributed by atoms with Gasteiger partial charge in [-0.05, 0) is 29.8 Å². The molecular formula is C22H16FNO4. The summed E-state index contributed by atoms with van der Waals surface area (Å²) in [6, 6.07) is 16.6. The van der Waals surface area contributed by atoms with Crippen molar-refractivity contribution < 1.29 is 23.5 Å². The summed E-state index contributed by atoms with van der Waals surface area (Å²) in [5.41, 5.74) is 0.907. The van der Waals surface area contributed by atoms with Crippen LogP contribution in [0.15, 0.2) is 83.0 Å². The predicted octanol–water partition coefficient (Wildman–Crippen LogP) is 4.04. The molecule has 0 bridgehead atoms. The number of Topliss-reactive ketones (excluding diaryl/α,β-unsaturated/α-hetero) is 1. The predicted molar refractivity (Wildman–Crippen MR) is 99.4 cm³/mol. The number of aliphatic hydroxyl groups excluding tert-OH is 1. The van der Waals surface area contributed by atoms with Gasteiger partial charge in [-0.25, -0.2) is 4.39 Å². The number of carbonyl (C=O) groups is 2. The zero-order valence-corrected chi connectivity index (χ0v) is 14.7. The minimum Gasteiger partial charge on any atom is -0.507 e. The van der Waals surface area contributed by atoms with Crippen LogP contribution in [0.4, 0.5) is 4.39 Å². The van der Waals surface area contributed by atoms with Gasteiger partial charge in [-0.2, -0.15) is 0 Å². The van der Waals surface area contributed by atoms with Gasteiger partial charge < -0.3 is 14.4 Å². The van der Waals surface area contributed by atoms with Gasteiger partial charge in [0.1, 0.15) is 17.3 Å². The summed E-state index contributed by atoms with van der Waals surface area (Å²) in [5, 5.41) is 10.8. The molecule has 5 nitrogen and oxygen atoms in total. The summed E-state index contributed by atoms with van der Waals surface area (Å²) in [6.07, 6.45) is 1.47. The van der Waals surface area contributed by atoms with E-state index in [4.69, 9.17) is 4.42 Å². The Morgan fingerprint density at radius 3 is 2.36 bits per heavy atom. The molecule has 6 heteroatoms. The van der Waals surface area contributed by atoms with Gasteiger partial charge >= 0.3 is 0 Å². The molecule has 0 aliphatic carbocycles. The van der Waals surface area contributed by atoms with Gasteiger partial charge in [0.25, 0.3) is 11.7 Å². The highest BCUT2D eigenvalue weighted by Crippen LogP contribution is 2.40. The first kappa shape index (κ1) is 17.7. The molecule has 1 atom stereocenters. The van der Waals surface area contributed by atoms with Gasteiger partial charge in [0.15, 0.2) is 0 Å². The molecule has 0 radical (unpaired) electrons. The van der Waals surface area contributed by atoms with Gasteiger partial charge in [-0.1, -0.05) is 42.5 Å². The van der Waals surface area contributed by atoms with E-state index in [9.17, 15) is 19.1 Å². The molecule has 1 saturated heterocycles. The number of likely N-dealkylation sites (tertiary alicyclic amines) is 1. The number of hydrogen-bond donors (Lipinski definition) is 1. The maximum atomic E-state index is 13.4. The third-order valence-electron chi connectivity index (χ3n) is 4.68. The van der Waals surface area contributed by atoms with E-state index in [1.54, 1.807) is 42.5 Å². The average Bonchev–Trinajstić information content (AvgIpc) is 3.31. The fourth-order valence-electron chi connectivity index (χ4n) is 3.36. The number of benzene rings is 2. The van der Waals surface area contributed by atoms with Crippen molar-refractivity contribution >= 4 is 17.4 Å². The first-order valence-electron chi connectivity index (χ1n) is 8.68. The fourth-order valence-corrected chi connectivity index (χ4v) is 3.36. The molecule has 1 fully saturated rings. The molecule has 3 aromatic rings. The summed E-state index contributed by atoms with van der Waals surface area (Å²) < 4.78 is 18.7. The zero-order chi connectivity index (χ0) is 19.7. The van der Waals surface area contributed by atoms with Crippen LogP contribution in [0.3, 0.4) is 0 Å². The van der Waals surface area contributed by atoms with Crippen LogP contribution in [-0.4, -0.2) is 21.7 Å². The van der Waals surface area contributed by atoms with Gasteiger partial charge in [-0.3, -0.25) is 9.59 Å². The van der Waals surface area contributed by atoms with Crippen molar-refractivity contribution in [3.63, 3.8) is 0 Å². The van der Waals surface area contributed by atoms with Crippen LogP contribution in [0.5, 0.6) is 0 Å². The van der Waals surface area contributed by atoms with Crippen molar-refractivity contribution in [1.82, 2.24) is 4.90 Å². The second-order valence-electron chi connectivity index (χ2n) is 6.42. The van der Waals surface area contributed by atoms with E-state index in [0.717, 1.165) is 0 Å². The topological polar surface area (TPSA) is 70.8 Å². The molecule has 2 aromatic carbocycles. The van der Waals surface area contributed by atoms with Crippen molar-refractivity contribution in [3.05, 3.63) is 101 Å². The van der Waals surface area contributed by atoms with Crippen LogP contribution in [0.1, 0.15) is 22.9 Å². The Morgan fingerprint density at radius 2 is 1.71 bits per heavy atom. The number of ketones is 1. The number of amides is 1. The Hall–Kier alpha value is -3.67. The molecule has 0 saturated carbocycles. The van der Waals surface area contributed by atoms with E-state index >= 15 is 0 Å². The number of furan rings is 1. The highest BCUT2D eigenvalue weighted by Gasteiger charge is 2.46. The minimum absolute atomic E-state index is 0.0330. The maximum absolute atomic E-state index is 13.4. The minimum atomic E-state index is -0.856. The summed E-state index contributed by atoms with van der Waals surface area (Å²) in [5.74, 6) is -1.75. The average molecular weight is 377 g/mol. The molecule has 1 aromatic heterocycles. The Balaban J connectivity index is 1.86. The SMILES string of the molecule is O=C1C(=O)N(Cc2ccco2)[C@@H](c2ccc(F)cc2)C1=C(O)c1ccccc1. The van der Waals surface area contributed by atoms with Crippen LogP contribution in [0, 0.1) is 5.82 Å². The number of halogens is 1. The fraction of sp³-hybridized carbons (Fsp3) is 0.0909. The molecule has 1 amide bonds. The lowest BCUT2D eigenvalue weighted by atomic mass is 9.95. The van der Waals surface area contributed by atoms with Crippen LogP contribution < -0.4 is 0 Å². The highest BCUT2D eigenvalue weighted by atomic mass is 19.1. The van der Waals surface area contributed by atoms with Gasteiger partial charge in [-0.15, -0.1) is 0 Å². The molecule has 1 aliphatic heterocycles. The maximum Gasteiger partial charge on any atom is 0.296 e. The van der Waals surface area contributed by atoms with E-state index in [0.29, 0.717) is 16.9 Å². The van der Waals surface area contributed by atoms with Gasteiger partial charge in [0.2, 0.25) is 0 Å². The monoisotopic (exact) mass is 377 g/mol. The van der Waals surface area contributed by atoms with Gasteiger partial charge in [0.05, 0.1) is 24.4 Å². The van der Waals surface area contributed by atoms with E-state index < -0.39 is 23.5 Å². The Labute approximate surface area is 160 Å². The standard InChI is InChI=1S/C22H16FNO4/c23-16-10-8-14(9-11-16)19-18(20(25)15-5-2-1-3-6-15)21(26)22(27)24(19)13-17-7-4-12-28-17/h1-12,19,25H,13H2/t19-/m0/s1. The van der Waals surface area contributed by atoms with Crippen LogP contribution >= 0.6 is 0 Å². The Bertz CT molecular complexity index is 1040. The van der Waals surface area contributed by atoms with Crippen molar-refractivity contribution in [2.24, 2.45) is 0 Å². The second kappa shape index (κ2) is 7.15. The van der Waals surface area contributed by atoms with E-state index in [1.165, 1.54) is 35.4 Å². The second-order valence-corrected chi connectivity index (χ2v) is 6.42. The lowest BCUT2D eigenvalue weighted by molar-refractivity contribution is -0.140. The molecule has 0 spiro atoms. The zero-order valence-electron chi connectivity index (χ0n) is 14.7. The normalized spacial score (nSPS) is 18.6. The van der Waals surface area contributed by atoms with Crippen molar-refractivity contribution in [2.75, 3.05) is 0 Å². The lowest BCUT2D eigenvalue weighted by Crippen LogP contribution is -2.29. The Kier molecular flexibility index (Phi) is 4.53. The van der Waals surface area contributed by atoms with Crippen molar-refractivity contribution in [2.45, 2.75) is 12.6 Å². The lowest BCUT2D eigenvalue weighted by Gasteiger charge is -2.24. The number of hydrogen-bond acceptors (Lipinski definition) is 4. The van der Waals surface area contributed by atoms with Crippen LogP contribution in [0.2, 0.25) is 0 Å². The third kappa shape index (κ3) is 3.09. The smallest absolute Gasteiger partial charge is 0.296 e. The molecule has 4 rings (SSSR count). The molecule has 1 N–H and O–H groups in total. The molecule has 1 aliphatic rings. The summed E-state index contributed by atoms with van der Waals surface area (Å²) >= 11 is 0. The van der Waals surface area contributed by atoms with E-state index in [-0.39, 0.29) is 17.9 Å². The summed E-state index contributed by atoms with van der Waals surface area (Å²) in [7, 11) is 0. The first-order chi connectivity index (χ1) is 13.6. The van der Waals surface area contributed by atoms with Crippen LogP contribution in [0.25, 0.3) is 5.76 Å². The van der Waals surface area contributed by atoms with E-state index in [2.05, 4.69) is 0 Å².